The van der Waals surface area contributed by atoms with Crippen molar-refractivity contribution in [1.29, 1.82) is 0 Å². The molecular weight excluding hydrogens is 220 g/mol. The van der Waals surface area contributed by atoms with Gasteiger partial charge in [-0.3, -0.25) is 0 Å². The molecule has 0 fully saturated rings. The van der Waals surface area contributed by atoms with E-state index in [1.807, 2.05) is 0 Å². The van der Waals surface area contributed by atoms with Crippen LogP contribution in [-0.4, -0.2) is 11.1 Å². The van der Waals surface area contributed by atoms with Crippen LogP contribution in [0.15, 0.2) is 12.1 Å². The summed E-state index contributed by atoms with van der Waals surface area (Å²) in [5.74, 6) is 0.554. The van der Waals surface area contributed by atoms with E-state index >= 15 is 0 Å². The zero-order chi connectivity index (χ0) is 12.9. The molecule has 96 valence electrons. The number of hydrogen-bond acceptors (Lipinski definition) is 1. The second-order valence-corrected chi connectivity index (χ2v) is 5.72. The second kappa shape index (κ2) is 4.13. The summed E-state index contributed by atoms with van der Waals surface area (Å²) in [5, 5.41) is 1.44. The number of benzene rings is 1. The van der Waals surface area contributed by atoms with E-state index in [0.717, 1.165) is 6.54 Å². The van der Waals surface area contributed by atoms with Crippen LogP contribution in [0.5, 0.6) is 0 Å². The van der Waals surface area contributed by atoms with Crippen molar-refractivity contribution in [3.05, 3.63) is 34.5 Å². The summed E-state index contributed by atoms with van der Waals surface area (Å²) in [4.78, 5) is 0. The molecule has 1 aromatic heterocycles. The van der Waals surface area contributed by atoms with Gasteiger partial charge in [-0.25, -0.2) is 0 Å². The Morgan fingerprint density at radius 2 is 2.11 bits per heavy atom. The maximum atomic E-state index is 5.99. The van der Waals surface area contributed by atoms with Crippen molar-refractivity contribution in [2.75, 3.05) is 6.54 Å². The molecule has 1 aromatic carbocycles. The molecule has 1 heterocycles. The molecule has 1 unspecified atom stereocenters. The Labute approximate surface area is 109 Å². The maximum Gasteiger partial charge on any atom is 0.0512 e. The molecule has 1 aliphatic rings. The van der Waals surface area contributed by atoms with Crippen molar-refractivity contribution in [2.24, 2.45) is 12.8 Å². The summed E-state index contributed by atoms with van der Waals surface area (Å²) in [7, 11) is 2.21. The number of aromatic nitrogens is 1. The van der Waals surface area contributed by atoms with Gasteiger partial charge >= 0.3 is 0 Å². The number of rotatable bonds is 1. The molecule has 2 N–H and O–H groups in total. The summed E-state index contributed by atoms with van der Waals surface area (Å²) >= 11 is 0. The van der Waals surface area contributed by atoms with Crippen molar-refractivity contribution in [2.45, 2.75) is 39.0 Å². The Morgan fingerprint density at radius 3 is 2.83 bits per heavy atom. The van der Waals surface area contributed by atoms with E-state index in [0.29, 0.717) is 5.92 Å². The summed E-state index contributed by atoms with van der Waals surface area (Å²) in [6.45, 7) is 5.18. The molecule has 0 aliphatic heterocycles. The first-order chi connectivity index (χ1) is 8.63. The standard InChI is InChI=1S/C16H22N2/c1-10-7-11(2)16-13(8-10)15-12(9-17)5-4-6-14(15)18(16)3/h7-8,12H,4-6,9,17H2,1-3H3. The molecule has 0 spiro atoms. The number of nitrogens with zero attached hydrogens (tertiary/aromatic N) is 1. The minimum Gasteiger partial charge on any atom is -0.347 e. The van der Waals surface area contributed by atoms with Gasteiger partial charge in [-0.1, -0.05) is 11.6 Å². The van der Waals surface area contributed by atoms with Gasteiger partial charge in [-0.15, -0.1) is 0 Å². The quantitative estimate of drug-likeness (QED) is 0.818. The normalized spacial score (nSPS) is 19.2. The largest absolute Gasteiger partial charge is 0.347 e. The minimum atomic E-state index is 0.554. The maximum absolute atomic E-state index is 5.99. The predicted octanol–water partition coefficient (Wildman–Crippen LogP) is 3.17. The van der Waals surface area contributed by atoms with Gasteiger partial charge in [0.05, 0.1) is 5.52 Å². The van der Waals surface area contributed by atoms with Crippen LogP contribution in [-0.2, 0) is 13.5 Å². The van der Waals surface area contributed by atoms with Crippen LogP contribution in [0.2, 0.25) is 0 Å². The molecule has 2 aromatic rings. The van der Waals surface area contributed by atoms with Crippen LogP contribution >= 0.6 is 0 Å². The molecule has 2 nitrogen and oxygen atoms in total. The van der Waals surface area contributed by atoms with Crippen LogP contribution in [0.4, 0.5) is 0 Å². The summed E-state index contributed by atoms with van der Waals surface area (Å²) in [6, 6.07) is 4.63. The second-order valence-electron chi connectivity index (χ2n) is 5.72. The summed E-state index contributed by atoms with van der Waals surface area (Å²) in [5.41, 5.74) is 13.2. The first-order valence-corrected chi connectivity index (χ1v) is 6.92. The van der Waals surface area contributed by atoms with E-state index in [1.54, 1.807) is 0 Å². The van der Waals surface area contributed by atoms with Gasteiger partial charge in [-0.05, 0) is 62.8 Å². The molecule has 1 aliphatic carbocycles. The SMILES string of the molecule is Cc1cc(C)c2c(c1)c1c(n2C)CCCC1CN. The van der Waals surface area contributed by atoms with Crippen LogP contribution < -0.4 is 5.73 Å². The summed E-state index contributed by atoms with van der Waals surface area (Å²) in [6.07, 6.45) is 3.72. The van der Waals surface area contributed by atoms with Crippen LogP contribution in [0.3, 0.4) is 0 Å². The van der Waals surface area contributed by atoms with Gasteiger partial charge in [0.2, 0.25) is 0 Å². The zero-order valence-electron chi connectivity index (χ0n) is 11.6. The highest BCUT2D eigenvalue weighted by Gasteiger charge is 2.26. The van der Waals surface area contributed by atoms with Gasteiger partial charge in [-0.2, -0.15) is 0 Å². The highest BCUT2D eigenvalue weighted by Crippen LogP contribution is 2.39. The van der Waals surface area contributed by atoms with Crippen molar-refractivity contribution in [3.63, 3.8) is 0 Å². The van der Waals surface area contributed by atoms with E-state index in [2.05, 4.69) is 37.6 Å². The number of aryl methyl sites for hydroxylation is 3. The molecule has 0 radical (unpaired) electrons. The molecule has 0 saturated heterocycles. The van der Waals surface area contributed by atoms with E-state index in [9.17, 15) is 0 Å². The lowest BCUT2D eigenvalue weighted by atomic mass is 9.85. The average Bonchev–Trinajstić information content (AvgIpc) is 2.63. The van der Waals surface area contributed by atoms with E-state index < -0.39 is 0 Å². The van der Waals surface area contributed by atoms with Crippen molar-refractivity contribution >= 4 is 10.9 Å². The van der Waals surface area contributed by atoms with E-state index in [1.165, 1.54) is 52.5 Å². The average molecular weight is 242 g/mol. The van der Waals surface area contributed by atoms with Gasteiger partial charge in [0.25, 0.3) is 0 Å². The first-order valence-electron chi connectivity index (χ1n) is 6.92. The fraction of sp³-hybridized carbons (Fsp3) is 0.500. The third-order valence-electron chi connectivity index (χ3n) is 4.45. The van der Waals surface area contributed by atoms with Gasteiger partial charge < -0.3 is 10.3 Å². The molecular formula is C16H22N2. The van der Waals surface area contributed by atoms with Crippen molar-refractivity contribution < 1.29 is 0 Å². The van der Waals surface area contributed by atoms with Crippen LogP contribution in [0.25, 0.3) is 10.9 Å². The van der Waals surface area contributed by atoms with Crippen LogP contribution in [0.1, 0.15) is 41.1 Å². The van der Waals surface area contributed by atoms with E-state index in [4.69, 9.17) is 5.73 Å². The van der Waals surface area contributed by atoms with Crippen molar-refractivity contribution in [3.8, 4) is 0 Å². The first kappa shape index (κ1) is 11.8. The van der Waals surface area contributed by atoms with Gasteiger partial charge in [0, 0.05) is 18.1 Å². The third-order valence-corrected chi connectivity index (χ3v) is 4.45. The monoisotopic (exact) mass is 242 g/mol. The van der Waals surface area contributed by atoms with Crippen LogP contribution in [0, 0.1) is 13.8 Å². The lowest BCUT2D eigenvalue weighted by molar-refractivity contribution is 0.549. The minimum absolute atomic E-state index is 0.554. The van der Waals surface area contributed by atoms with E-state index in [-0.39, 0.29) is 0 Å². The van der Waals surface area contributed by atoms with Crippen molar-refractivity contribution in [1.82, 2.24) is 4.57 Å². The number of hydrogen-bond donors (Lipinski definition) is 1. The van der Waals surface area contributed by atoms with Gasteiger partial charge in [0.15, 0.2) is 0 Å². The fourth-order valence-electron chi connectivity index (χ4n) is 3.74. The molecule has 0 saturated carbocycles. The molecule has 1 atom stereocenters. The van der Waals surface area contributed by atoms with Gasteiger partial charge in [0.1, 0.15) is 0 Å². The topological polar surface area (TPSA) is 30.9 Å². The smallest absolute Gasteiger partial charge is 0.0512 e. The molecule has 2 heteroatoms. The Bertz CT molecular complexity index is 607. The number of nitrogens with two attached hydrogens (primary N) is 1. The molecule has 18 heavy (non-hydrogen) atoms. The highest BCUT2D eigenvalue weighted by molar-refractivity contribution is 5.89. The summed E-state index contributed by atoms with van der Waals surface area (Å²) < 4.78 is 2.40. The number of fused-ring (bicyclic) bond motifs is 3. The third kappa shape index (κ3) is 1.52. The molecule has 0 amide bonds. The Hall–Kier alpha value is -1.28. The zero-order valence-corrected chi connectivity index (χ0v) is 11.6. The molecule has 0 bridgehead atoms. The Morgan fingerprint density at radius 1 is 1.33 bits per heavy atom. The lowest BCUT2D eigenvalue weighted by Crippen LogP contribution is -2.18. The predicted molar refractivity (Wildman–Crippen MR) is 77.1 cm³/mol. The Kier molecular flexibility index (Phi) is 2.70. The fourth-order valence-corrected chi connectivity index (χ4v) is 3.74. The highest BCUT2D eigenvalue weighted by atomic mass is 15.0. The lowest BCUT2D eigenvalue weighted by Gasteiger charge is -2.22. The molecule has 3 rings (SSSR count). The Balaban J connectivity index is 2.40.